The van der Waals surface area contributed by atoms with Gasteiger partial charge in [0.15, 0.2) is 0 Å². The van der Waals surface area contributed by atoms with Gasteiger partial charge in [0.1, 0.15) is 0 Å². The normalized spacial score (nSPS) is 15.5. The molecular formula is C12H12BrNO3S. The molecule has 1 aromatic rings. The number of halogens is 1. The first-order valence-electron chi connectivity index (χ1n) is 5.45. The largest absolute Gasteiger partial charge is 0.396 e. The lowest BCUT2D eigenvalue weighted by Gasteiger charge is -2.10. The summed E-state index contributed by atoms with van der Waals surface area (Å²) in [6.07, 6.45) is 0. The summed E-state index contributed by atoms with van der Waals surface area (Å²) in [4.78, 5) is 23.7. The average Bonchev–Trinajstić information content (AvgIpc) is 2.62. The monoisotopic (exact) mass is 329 g/mol. The molecule has 6 heteroatoms. The summed E-state index contributed by atoms with van der Waals surface area (Å²) in [5, 5.41) is 11.5. The van der Waals surface area contributed by atoms with E-state index in [2.05, 4.69) is 21.2 Å². The first-order valence-corrected chi connectivity index (χ1v) is 7.23. The van der Waals surface area contributed by atoms with Crippen LogP contribution in [0.1, 0.15) is 17.3 Å². The molecule has 1 heterocycles. The molecule has 0 bridgehead atoms. The lowest BCUT2D eigenvalue weighted by molar-refractivity contribution is -0.112. The van der Waals surface area contributed by atoms with Gasteiger partial charge in [-0.1, -0.05) is 6.92 Å². The Labute approximate surface area is 117 Å². The molecule has 0 saturated heterocycles. The lowest BCUT2D eigenvalue weighted by Crippen LogP contribution is -2.12. The Morgan fingerprint density at radius 2 is 2.17 bits per heavy atom. The Balaban J connectivity index is 2.22. The number of ketones is 1. The van der Waals surface area contributed by atoms with Crippen LogP contribution in [-0.2, 0) is 4.79 Å². The summed E-state index contributed by atoms with van der Waals surface area (Å²) < 4.78 is 0.793. The van der Waals surface area contributed by atoms with Crippen molar-refractivity contribution in [1.29, 1.82) is 0 Å². The van der Waals surface area contributed by atoms with Gasteiger partial charge in [0.05, 0.1) is 11.3 Å². The fourth-order valence-electron chi connectivity index (χ4n) is 1.54. The summed E-state index contributed by atoms with van der Waals surface area (Å²) in [6, 6.07) is 3.46. The summed E-state index contributed by atoms with van der Waals surface area (Å²) in [7, 11) is 0. The maximum atomic E-state index is 11.5. The van der Waals surface area contributed by atoms with E-state index in [0.717, 1.165) is 15.1 Å². The van der Waals surface area contributed by atoms with Crippen LogP contribution < -0.4 is 5.32 Å². The van der Waals surface area contributed by atoms with Gasteiger partial charge in [0.2, 0.25) is 0 Å². The van der Waals surface area contributed by atoms with Gasteiger partial charge in [-0.3, -0.25) is 9.59 Å². The number of anilines is 1. The molecule has 2 N–H and O–H groups in total. The van der Waals surface area contributed by atoms with Crippen LogP contribution in [-0.4, -0.2) is 29.2 Å². The van der Waals surface area contributed by atoms with Crippen molar-refractivity contribution in [2.24, 2.45) is 5.92 Å². The zero-order chi connectivity index (χ0) is 13.3. The van der Waals surface area contributed by atoms with Gasteiger partial charge in [0.25, 0.3) is 11.7 Å². The van der Waals surface area contributed by atoms with Crippen LogP contribution in [0.5, 0.6) is 0 Å². The Hall–Kier alpha value is -0.850. The molecule has 1 atom stereocenters. The van der Waals surface area contributed by atoms with E-state index >= 15 is 0 Å². The molecule has 1 amide bonds. The van der Waals surface area contributed by atoms with Crippen LogP contribution in [0.4, 0.5) is 5.69 Å². The number of benzene rings is 1. The number of rotatable bonds is 4. The third-order valence-corrected chi connectivity index (χ3v) is 4.91. The number of carbonyl (C=O) groups excluding carboxylic acids is 2. The lowest BCUT2D eigenvalue weighted by atomic mass is 10.1. The van der Waals surface area contributed by atoms with Crippen molar-refractivity contribution in [3.05, 3.63) is 22.2 Å². The highest BCUT2D eigenvalue weighted by Crippen LogP contribution is 2.36. The van der Waals surface area contributed by atoms with E-state index in [4.69, 9.17) is 5.11 Å². The quantitative estimate of drug-likeness (QED) is 0.657. The van der Waals surface area contributed by atoms with Gasteiger partial charge in [-0.15, -0.1) is 11.8 Å². The fourth-order valence-corrected chi connectivity index (χ4v) is 3.20. The maximum absolute atomic E-state index is 11.5. The molecule has 0 aromatic heterocycles. The first kappa shape index (κ1) is 13.6. The van der Waals surface area contributed by atoms with Gasteiger partial charge in [-0.25, -0.2) is 0 Å². The van der Waals surface area contributed by atoms with Crippen LogP contribution >= 0.6 is 27.7 Å². The molecule has 18 heavy (non-hydrogen) atoms. The highest BCUT2D eigenvalue weighted by molar-refractivity contribution is 9.10. The van der Waals surface area contributed by atoms with E-state index in [-0.39, 0.29) is 12.5 Å². The van der Waals surface area contributed by atoms with Crippen molar-refractivity contribution in [1.82, 2.24) is 0 Å². The van der Waals surface area contributed by atoms with Crippen LogP contribution in [0.3, 0.4) is 0 Å². The SMILES string of the molecule is CC(CO)CSc1cc2c(cc1Br)C(=O)C(=O)N2. The van der Waals surface area contributed by atoms with E-state index < -0.39 is 11.7 Å². The van der Waals surface area contributed by atoms with Crippen LogP contribution in [0, 0.1) is 5.92 Å². The minimum Gasteiger partial charge on any atom is -0.396 e. The number of nitrogens with one attached hydrogen (secondary N) is 1. The smallest absolute Gasteiger partial charge is 0.296 e. The fraction of sp³-hybridized carbons (Fsp3) is 0.333. The van der Waals surface area contributed by atoms with E-state index in [1.165, 1.54) is 0 Å². The van der Waals surface area contributed by atoms with E-state index in [1.807, 2.05) is 6.92 Å². The second-order valence-electron chi connectivity index (χ2n) is 4.21. The Bertz CT molecular complexity index is 518. The van der Waals surface area contributed by atoms with Crippen molar-refractivity contribution < 1.29 is 14.7 Å². The van der Waals surface area contributed by atoms with Crippen molar-refractivity contribution in [3.8, 4) is 0 Å². The predicted octanol–water partition coefficient (Wildman–Crippen LogP) is 2.30. The zero-order valence-electron chi connectivity index (χ0n) is 9.70. The van der Waals surface area contributed by atoms with Crippen molar-refractivity contribution in [3.63, 3.8) is 0 Å². The minimum atomic E-state index is -0.581. The zero-order valence-corrected chi connectivity index (χ0v) is 12.1. The van der Waals surface area contributed by atoms with Crippen molar-refractivity contribution in [2.75, 3.05) is 17.7 Å². The number of Topliss-reactive ketones (excluding diaryl/α,β-unsaturated/α-hetero) is 1. The summed E-state index contributed by atoms with van der Waals surface area (Å²) in [5.41, 5.74) is 0.971. The number of amides is 1. The Kier molecular flexibility index (Phi) is 4.09. The number of hydrogen-bond acceptors (Lipinski definition) is 4. The predicted molar refractivity (Wildman–Crippen MR) is 74.1 cm³/mol. The Morgan fingerprint density at radius 3 is 2.83 bits per heavy atom. The van der Waals surface area contributed by atoms with Crippen LogP contribution in [0.2, 0.25) is 0 Å². The molecule has 0 radical (unpaired) electrons. The summed E-state index contributed by atoms with van der Waals surface area (Å²) in [6.45, 7) is 2.10. The third-order valence-electron chi connectivity index (χ3n) is 2.61. The second kappa shape index (κ2) is 5.42. The molecule has 0 saturated carbocycles. The first-order chi connectivity index (χ1) is 8.52. The van der Waals surface area contributed by atoms with Crippen LogP contribution in [0.25, 0.3) is 0 Å². The molecule has 1 aliphatic heterocycles. The number of carbonyl (C=O) groups is 2. The summed E-state index contributed by atoms with van der Waals surface area (Å²) in [5.74, 6) is -0.101. The molecule has 0 fully saturated rings. The molecule has 4 nitrogen and oxygen atoms in total. The molecule has 2 rings (SSSR count). The molecule has 1 unspecified atom stereocenters. The van der Waals surface area contributed by atoms with Crippen LogP contribution in [0.15, 0.2) is 21.5 Å². The highest BCUT2D eigenvalue weighted by atomic mass is 79.9. The molecule has 1 aromatic carbocycles. The Morgan fingerprint density at radius 1 is 1.44 bits per heavy atom. The molecule has 1 aliphatic rings. The number of fused-ring (bicyclic) bond motifs is 1. The van der Waals surface area contributed by atoms with Crippen molar-refractivity contribution >= 4 is 45.1 Å². The number of thioether (sulfide) groups is 1. The molecule has 0 aliphatic carbocycles. The van der Waals surface area contributed by atoms with Crippen molar-refractivity contribution in [2.45, 2.75) is 11.8 Å². The van der Waals surface area contributed by atoms with Gasteiger partial charge < -0.3 is 10.4 Å². The molecule has 0 spiro atoms. The maximum Gasteiger partial charge on any atom is 0.296 e. The minimum absolute atomic E-state index is 0.144. The van der Waals surface area contributed by atoms with Gasteiger partial charge >= 0.3 is 0 Å². The molecular weight excluding hydrogens is 318 g/mol. The second-order valence-corrected chi connectivity index (χ2v) is 6.13. The van der Waals surface area contributed by atoms with Gasteiger partial charge in [-0.2, -0.15) is 0 Å². The number of aliphatic hydroxyl groups excluding tert-OH is 1. The number of hydrogen-bond donors (Lipinski definition) is 2. The highest BCUT2D eigenvalue weighted by Gasteiger charge is 2.28. The van der Waals surface area contributed by atoms with Gasteiger partial charge in [-0.05, 0) is 34.0 Å². The average molecular weight is 330 g/mol. The topological polar surface area (TPSA) is 66.4 Å². The molecule has 96 valence electrons. The van der Waals surface area contributed by atoms with E-state index in [9.17, 15) is 9.59 Å². The van der Waals surface area contributed by atoms with E-state index in [1.54, 1.807) is 23.9 Å². The standard InChI is InChI=1S/C12H12BrNO3S/c1-6(4-15)5-18-10-3-9-7(2-8(10)13)11(16)12(17)14-9/h2-3,6,15H,4-5H2,1H3,(H,14,16,17). The third kappa shape index (κ3) is 2.60. The van der Waals surface area contributed by atoms with Gasteiger partial charge in [0, 0.05) is 21.7 Å². The summed E-state index contributed by atoms with van der Waals surface area (Å²) >= 11 is 4.97. The van der Waals surface area contributed by atoms with E-state index in [0.29, 0.717) is 11.3 Å². The number of aliphatic hydroxyl groups is 1.